The quantitative estimate of drug-likeness (QED) is 0.795. The average Bonchev–Trinajstić information content (AvgIpc) is 2.49. The molecule has 0 aliphatic heterocycles. The third kappa shape index (κ3) is 3.49. The first-order valence-electron chi connectivity index (χ1n) is 6.49. The van der Waals surface area contributed by atoms with Crippen LogP contribution in [0.5, 0.6) is 5.75 Å². The highest BCUT2D eigenvalue weighted by Crippen LogP contribution is 2.20. The molecule has 0 saturated heterocycles. The van der Waals surface area contributed by atoms with E-state index in [-0.39, 0.29) is 12.0 Å². The molecule has 0 atom stereocenters. The summed E-state index contributed by atoms with van der Waals surface area (Å²) in [5.74, 6) is 0.735. The van der Waals surface area contributed by atoms with Crippen molar-refractivity contribution < 1.29 is 9.53 Å². The van der Waals surface area contributed by atoms with Crippen molar-refractivity contribution in [2.45, 2.75) is 19.9 Å². The van der Waals surface area contributed by atoms with Gasteiger partial charge in [-0.25, -0.2) is 4.68 Å². The summed E-state index contributed by atoms with van der Waals surface area (Å²) in [6, 6.07) is 8.92. The second-order valence-corrected chi connectivity index (χ2v) is 4.86. The monoisotopic (exact) mass is 306 g/mol. The summed E-state index contributed by atoms with van der Waals surface area (Å²) in [6.45, 7) is 2.24. The summed E-state index contributed by atoms with van der Waals surface area (Å²) in [6.07, 6.45) is -0.105. The van der Waals surface area contributed by atoms with E-state index in [2.05, 4.69) is 5.10 Å². The number of hydrogen-bond acceptors (Lipinski definition) is 4. The number of benzene rings is 1. The van der Waals surface area contributed by atoms with Crippen molar-refractivity contribution in [3.8, 4) is 17.0 Å². The standard InChI is InChI=1S/C15H15ClN2O3/c1-3-18-15(20)11(9-14(16)19)8-13(17-18)10-4-6-12(21-2)7-5-10/h4-8H,3,9H2,1-2H3. The Morgan fingerprint density at radius 1 is 1.33 bits per heavy atom. The van der Waals surface area contributed by atoms with Gasteiger partial charge in [0.15, 0.2) is 0 Å². The Kier molecular flexibility index (Phi) is 4.75. The minimum Gasteiger partial charge on any atom is -0.497 e. The summed E-state index contributed by atoms with van der Waals surface area (Å²) < 4.78 is 6.44. The highest BCUT2D eigenvalue weighted by molar-refractivity contribution is 6.63. The first-order chi connectivity index (χ1) is 10.0. The van der Waals surface area contributed by atoms with Gasteiger partial charge in [-0.15, -0.1) is 0 Å². The van der Waals surface area contributed by atoms with Crippen LogP contribution < -0.4 is 10.3 Å². The molecule has 2 aromatic rings. The van der Waals surface area contributed by atoms with E-state index >= 15 is 0 Å². The first-order valence-corrected chi connectivity index (χ1v) is 6.86. The molecule has 1 aromatic carbocycles. The molecule has 1 aromatic heterocycles. The first kappa shape index (κ1) is 15.3. The Morgan fingerprint density at radius 3 is 2.52 bits per heavy atom. The van der Waals surface area contributed by atoms with E-state index in [1.165, 1.54) is 4.68 Å². The summed E-state index contributed by atoms with van der Waals surface area (Å²) in [5, 5.41) is 3.73. The fourth-order valence-electron chi connectivity index (χ4n) is 1.99. The van der Waals surface area contributed by atoms with Crippen molar-refractivity contribution in [3.05, 3.63) is 46.2 Å². The highest BCUT2D eigenvalue weighted by Gasteiger charge is 2.11. The molecule has 0 aliphatic rings. The molecule has 0 fully saturated rings. The molecule has 1 heterocycles. The van der Waals surface area contributed by atoms with Gasteiger partial charge >= 0.3 is 0 Å². The summed E-state index contributed by atoms with van der Waals surface area (Å²) >= 11 is 5.39. The van der Waals surface area contributed by atoms with Crippen molar-refractivity contribution in [1.82, 2.24) is 9.78 Å². The van der Waals surface area contributed by atoms with Gasteiger partial charge < -0.3 is 4.74 Å². The number of halogens is 1. The number of aromatic nitrogens is 2. The zero-order valence-electron chi connectivity index (χ0n) is 11.8. The molecule has 0 saturated carbocycles. The van der Waals surface area contributed by atoms with E-state index in [1.807, 2.05) is 31.2 Å². The molecule has 0 spiro atoms. The average molecular weight is 307 g/mol. The van der Waals surface area contributed by atoms with Gasteiger partial charge in [-0.1, -0.05) is 0 Å². The number of methoxy groups -OCH3 is 1. The third-order valence-electron chi connectivity index (χ3n) is 3.06. The number of nitrogens with zero attached hydrogens (tertiary/aromatic N) is 2. The van der Waals surface area contributed by atoms with Crippen LogP contribution in [-0.2, 0) is 17.8 Å². The molecule has 0 aliphatic carbocycles. The Labute approximate surface area is 127 Å². The minimum absolute atomic E-state index is 0.105. The maximum absolute atomic E-state index is 12.1. The van der Waals surface area contributed by atoms with Crippen LogP contribution >= 0.6 is 11.6 Å². The van der Waals surface area contributed by atoms with E-state index in [0.29, 0.717) is 17.8 Å². The van der Waals surface area contributed by atoms with Gasteiger partial charge in [-0.2, -0.15) is 5.10 Å². The summed E-state index contributed by atoms with van der Waals surface area (Å²) in [7, 11) is 1.59. The maximum Gasteiger partial charge on any atom is 0.270 e. The molecule has 0 radical (unpaired) electrons. The zero-order chi connectivity index (χ0) is 15.4. The molecule has 5 nitrogen and oxygen atoms in total. The molecule has 110 valence electrons. The second kappa shape index (κ2) is 6.54. The molecule has 0 bridgehead atoms. The fraction of sp³-hybridized carbons (Fsp3) is 0.267. The fourth-order valence-corrected chi connectivity index (χ4v) is 2.13. The van der Waals surface area contributed by atoms with Crippen molar-refractivity contribution >= 4 is 16.8 Å². The van der Waals surface area contributed by atoms with Crippen LogP contribution in [0.1, 0.15) is 12.5 Å². The Bertz CT molecular complexity index is 708. The smallest absolute Gasteiger partial charge is 0.270 e. The number of carbonyl (C=O) groups excluding carboxylic acids is 1. The molecule has 6 heteroatoms. The van der Waals surface area contributed by atoms with E-state index in [1.54, 1.807) is 13.2 Å². The normalized spacial score (nSPS) is 10.4. The van der Waals surface area contributed by atoms with E-state index < -0.39 is 5.24 Å². The highest BCUT2D eigenvalue weighted by atomic mass is 35.5. The number of carbonyl (C=O) groups is 1. The van der Waals surface area contributed by atoms with Crippen molar-refractivity contribution in [2.75, 3.05) is 7.11 Å². The Balaban J connectivity index is 2.51. The van der Waals surface area contributed by atoms with Crippen molar-refractivity contribution in [1.29, 1.82) is 0 Å². The summed E-state index contributed by atoms with van der Waals surface area (Å²) in [5.41, 5.74) is 1.51. The van der Waals surface area contributed by atoms with Gasteiger partial charge in [-0.3, -0.25) is 9.59 Å². The number of rotatable bonds is 5. The van der Waals surface area contributed by atoms with Crippen LogP contribution in [0.2, 0.25) is 0 Å². The second-order valence-electron chi connectivity index (χ2n) is 4.44. The lowest BCUT2D eigenvalue weighted by Crippen LogP contribution is -2.26. The lowest BCUT2D eigenvalue weighted by atomic mass is 10.1. The molecule has 0 unspecified atom stereocenters. The van der Waals surface area contributed by atoms with Gasteiger partial charge in [-0.05, 0) is 48.9 Å². The topological polar surface area (TPSA) is 61.2 Å². The molecule has 21 heavy (non-hydrogen) atoms. The van der Waals surface area contributed by atoms with Gasteiger partial charge in [0.1, 0.15) is 5.75 Å². The van der Waals surface area contributed by atoms with E-state index in [9.17, 15) is 9.59 Å². The SMILES string of the molecule is CCn1nc(-c2ccc(OC)cc2)cc(CC(=O)Cl)c1=O. The number of hydrogen-bond donors (Lipinski definition) is 0. The lowest BCUT2D eigenvalue weighted by molar-refractivity contribution is -0.111. The van der Waals surface area contributed by atoms with Crippen LogP contribution in [0.3, 0.4) is 0 Å². The van der Waals surface area contributed by atoms with Crippen LogP contribution in [0.15, 0.2) is 35.1 Å². The van der Waals surface area contributed by atoms with E-state index in [4.69, 9.17) is 16.3 Å². The van der Waals surface area contributed by atoms with Gasteiger partial charge in [0.2, 0.25) is 5.24 Å². The summed E-state index contributed by atoms with van der Waals surface area (Å²) in [4.78, 5) is 23.2. The molecule has 2 rings (SSSR count). The van der Waals surface area contributed by atoms with Gasteiger partial charge in [0, 0.05) is 17.7 Å². The predicted octanol–water partition coefficient (Wildman–Crippen LogP) is 2.25. The molecular weight excluding hydrogens is 292 g/mol. The Morgan fingerprint density at radius 2 is 2.00 bits per heavy atom. The van der Waals surface area contributed by atoms with E-state index in [0.717, 1.165) is 11.3 Å². The van der Waals surface area contributed by atoms with Crippen molar-refractivity contribution in [3.63, 3.8) is 0 Å². The minimum atomic E-state index is -0.568. The van der Waals surface area contributed by atoms with Crippen LogP contribution in [0.25, 0.3) is 11.3 Å². The van der Waals surface area contributed by atoms with Crippen LogP contribution in [0, 0.1) is 0 Å². The van der Waals surface area contributed by atoms with Crippen molar-refractivity contribution in [2.24, 2.45) is 0 Å². The molecule has 0 amide bonds. The molecular formula is C15H15ClN2O3. The molecule has 0 N–H and O–H groups in total. The third-order valence-corrected chi connectivity index (χ3v) is 3.20. The Hall–Kier alpha value is -2.14. The number of aryl methyl sites for hydroxylation is 1. The number of ether oxygens (including phenoxy) is 1. The maximum atomic E-state index is 12.1. The zero-order valence-corrected chi connectivity index (χ0v) is 12.6. The van der Waals surface area contributed by atoms with Gasteiger partial charge in [0.25, 0.3) is 5.56 Å². The largest absolute Gasteiger partial charge is 0.497 e. The van der Waals surface area contributed by atoms with Crippen LogP contribution in [-0.4, -0.2) is 22.1 Å². The van der Waals surface area contributed by atoms with Crippen LogP contribution in [0.4, 0.5) is 0 Å². The lowest BCUT2D eigenvalue weighted by Gasteiger charge is -2.09. The predicted molar refractivity (Wildman–Crippen MR) is 80.7 cm³/mol. The van der Waals surface area contributed by atoms with Gasteiger partial charge in [0.05, 0.1) is 19.2 Å².